The maximum absolute atomic E-state index is 11.9. The Bertz CT molecular complexity index is 342. The number of likely N-dealkylation sites (tertiary alicyclic amines) is 1. The fourth-order valence-corrected chi connectivity index (χ4v) is 2.14. The normalized spacial score (nSPS) is 18.6. The van der Waals surface area contributed by atoms with Gasteiger partial charge in [-0.2, -0.15) is 0 Å². The van der Waals surface area contributed by atoms with Gasteiger partial charge in [0.15, 0.2) is 6.10 Å². The highest BCUT2D eigenvalue weighted by Gasteiger charge is 2.33. The number of amides is 1. The van der Waals surface area contributed by atoms with Crippen LogP contribution in [0, 0.1) is 5.92 Å². The minimum atomic E-state index is -1.10. The second kappa shape index (κ2) is 6.92. The van der Waals surface area contributed by atoms with Gasteiger partial charge in [-0.1, -0.05) is 0 Å². The molecule has 0 aromatic rings. The van der Waals surface area contributed by atoms with Gasteiger partial charge >= 0.3 is 12.1 Å². The van der Waals surface area contributed by atoms with Crippen molar-refractivity contribution < 1.29 is 24.2 Å². The Kier molecular flexibility index (Phi) is 5.80. The van der Waals surface area contributed by atoms with Gasteiger partial charge in [0.1, 0.15) is 5.60 Å². The molecule has 0 bridgehead atoms. The molecule has 0 aliphatic carbocycles. The van der Waals surface area contributed by atoms with E-state index in [1.54, 1.807) is 11.8 Å². The summed E-state index contributed by atoms with van der Waals surface area (Å²) >= 11 is 0. The number of aliphatic hydroxyl groups is 1. The molecule has 0 aromatic carbocycles. The largest absolute Gasteiger partial charge is 0.464 e. The SMILES string of the molecule is CCOC(=O)[C@H](O)C1CCN(C(=O)OC(C)(C)C)CC1. The van der Waals surface area contributed by atoms with Gasteiger partial charge in [0, 0.05) is 13.1 Å². The molecule has 0 spiro atoms. The van der Waals surface area contributed by atoms with Gasteiger partial charge in [-0.25, -0.2) is 9.59 Å². The average Bonchev–Trinajstić information content (AvgIpc) is 2.36. The van der Waals surface area contributed by atoms with Crippen molar-refractivity contribution in [1.82, 2.24) is 4.90 Å². The highest BCUT2D eigenvalue weighted by Crippen LogP contribution is 2.23. The van der Waals surface area contributed by atoms with E-state index < -0.39 is 17.7 Å². The van der Waals surface area contributed by atoms with Crippen LogP contribution in [0.5, 0.6) is 0 Å². The summed E-state index contributed by atoms with van der Waals surface area (Å²) in [6.07, 6.45) is -0.310. The molecule has 1 N–H and O–H groups in total. The molecule has 20 heavy (non-hydrogen) atoms. The zero-order valence-electron chi connectivity index (χ0n) is 12.7. The third kappa shape index (κ3) is 5.00. The van der Waals surface area contributed by atoms with Crippen molar-refractivity contribution in [3.05, 3.63) is 0 Å². The molecular formula is C14H25NO5. The minimum absolute atomic E-state index is 0.160. The van der Waals surface area contributed by atoms with E-state index in [-0.39, 0.29) is 18.6 Å². The van der Waals surface area contributed by atoms with Crippen LogP contribution in [-0.4, -0.2) is 53.5 Å². The third-order valence-corrected chi connectivity index (χ3v) is 3.17. The summed E-state index contributed by atoms with van der Waals surface area (Å²) < 4.78 is 10.1. The third-order valence-electron chi connectivity index (χ3n) is 3.17. The van der Waals surface area contributed by atoms with Crippen molar-refractivity contribution in [2.45, 2.75) is 52.2 Å². The number of carbonyl (C=O) groups is 2. The van der Waals surface area contributed by atoms with E-state index in [2.05, 4.69) is 0 Å². The first-order valence-corrected chi connectivity index (χ1v) is 7.07. The van der Waals surface area contributed by atoms with Gasteiger partial charge in [-0.05, 0) is 46.5 Å². The Morgan fingerprint density at radius 2 is 1.85 bits per heavy atom. The van der Waals surface area contributed by atoms with Crippen LogP contribution in [0.3, 0.4) is 0 Å². The molecule has 0 unspecified atom stereocenters. The Hall–Kier alpha value is -1.30. The number of nitrogens with zero attached hydrogens (tertiary/aromatic N) is 1. The number of piperidine rings is 1. The summed E-state index contributed by atoms with van der Waals surface area (Å²) in [7, 11) is 0. The summed E-state index contributed by atoms with van der Waals surface area (Å²) in [6.45, 7) is 8.39. The lowest BCUT2D eigenvalue weighted by atomic mass is 9.91. The van der Waals surface area contributed by atoms with E-state index in [1.807, 2.05) is 20.8 Å². The summed E-state index contributed by atoms with van der Waals surface area (Å²) in [5.74, 6) is -0.740. The molecule has 1 rings (SSSR count). The highest BCUT2D eigenvalue weighted by atomic mass is 16.6. The second-order valence-electron chi connectivity index (χ2n) is 6.00. The molecular weight excluding hydrogens is 262 g/mol. The Labute approximate surface area is 120 Å². The smallest absolute Gasteiger partial charge is 0.410 e. The van der Waals surface area contributed by atoms with Crippen LogP contribution in [0.2, 0.25) is 0 Å². The number of rotatable bonds is 3. The fourth-order valence-electron chi connectivity index (χ4n) is 2.14. The Balaban J connectivity index is 2.43. The molecule has 1 atom stereocenters. The molecule has 6 heteroatoms. The number of esters is 1. The number of hydrogen-bond acceptors (Lipinski definition) is 5. The first-order valence-electron chi connectivity index (χ1n) is 7.07. The molecule has 1 fully saturated rings. The van der Waals surface area contributed by atoms with E-state index in [1.165, 1.54) is 0 Å². The van der Waals surface area contributed by atoms with Crippen LogP contribution in [0.4, 0.5) is 4.79 Å². The van der Waals surface area contributed by atoms with Crippen molar-refractivity contribution >= 4 is 12.1 Å². The molecule has 0 aromatic heterocycles. The van der Waals surface area contributed by atoms with Crippen LogP contribution in [-0.2, 0) is 14.3 Å². The second-order valence-corrected chi connectivity index (χ2v) is 6.00. The molecule has 0 radical (unpaired) electrons. The van der Waals surface area contributed by atoms with E-state index in [4.69, 9.17) is 9.47 Å². The highest BCUT2D eigenvalue weighted by molar-refractivity contribution is 5.74. The van der Waals surface area contributed by atoms with Gasteiger partial charge in [0.2, 0.25) is 0 Å². The maximum Gasteiger partial charge on any atom is 0.410 e. The zero-order chi connectivity index (χ0) is 15.3. The first kappa shape index (κ1) is 16.8. The van der Waals surface area contributed by atoms with Crippen molar-refractivity contribution in [3.8, 4) is 0 Å². The van der Waals surface area contributed by atoms with Crippen molar-refractivity contribution in [1.29, 1.82) is 0 Å². The van der Waals surface area contributed by atoms with E-state index in [0.717, 1.165) is 0 Å². The van der Waals surface area contributed by atoms with E-state index >= 15 is 0 Å². The Morgan fingerprint density at radius 3 is 2.30 bits per heavy atom. The lowest BCUT2D eigenvalue weighted by Gasteiger charge is -2.34. The van der Waals surface area contributed by atoms with E-state index in [0.29, 0.717) is 25.9 Å². The zero-order valence-corrected chi connectivity index (χ0v) is 12.7. The average molecular weight is 287 g/mol. The van der Waals surface area contributed by atoms with Gasteiger partial charge in [0.25, 0.3) is 0 Å². The number of aliphatic hydroxyl groups excluding tert-OH is 1. The molecule has 116 valence electrons. The fraction of sp³-hybridized carbons (Fsp3) is 0.857. The molecule has 0 saturated carbocycles. The van der Waals surface area contributed by atoms with Crippen LogP contribution < -0.4 is 0 Å². The molecule has 1 aliphatic heterocycles. The van der Waals surface area contributed by atoms with Gasteiger partial charge in [-0.15, -0.1) is 0 Å². The summed E-state index contributed by atoms with van der Waals surface area (Å²) in [6, 6.07) is 0. The quantitative estimate of drug-likeness (QED) is 0.797. The predicted molar refractivity (Wildman–Crippen MR) is 73.2 cm³/mol. The summed E-state index contributed by atoms with van der Waals surface area (Å²) in [4.78, 5) is 25.0. The van der Waals surface area contributed by atoms with Crippen LogP contribution in [0.15, 0.2) is 0 Å². The molecule has 1 amide bonds. The molecule has 6 nitrogen and oxygen atoms in total. The van der Waals surface area contributed by atoms with E-state index in [9.17, 15) is 14.7 Å². The van der Waals surface area contributed by atoms with Crippen LogP contribution in [0.25, 0.3) is 0 Å². The summed E-state index contributed by atoms with van der Waals surface area (Å²) in [5.41, 5.74) is -0.515. The van der Waals surface area contributed by atoms with Gasteiger partial charge < -0.3 is 19.5 Å². The number of ether oxygens (including phenoxy) is 2. The number of carbonyl (C=O) groups excluding carboxylic acids is 2. The Morgan fingerprint density at radius 1 is 1.30 bits per heavy atom. The van der Waals surface area contributed by atoms with Crippen LogP contribution in [0.1, 0.15) is 40.5 Å². The van der Waals surface area contributed by atoms with Crippen LogP contribution >= 0.6 is 0 Å². The molecule has 1 heterocycles. The lowest BCUT2D eigenvalue weighted by Crippen LogP contribution is -2.45. The van der Waals surface area contributed by atoms with Crippen molar-refractivity contribution in [2.24, 2.45) is 5.92 Å². The first-order chi connectivity index (χ1) is 9.24. The van der Waals surface area contributed by atoms with Gasteiger partial charge in [-0.3, -0.25) is 0 Å². The molecule has 1 aliphatic rings. The monoisotopic (exact) mass is 287 g/mol. The molecule has 1 saturated heterocycles. The maximum atomic E-state index is 11.9. The lowest BCUT2D eigenvalue weighted by molar-refractivity contribution is -0.157. The minimum Gasteiger partial charge on any atom is -0.464 e. The predicted octanol–water partition coefficient (Wildman–Crippen LogP) is 1.56. The van der Waals surface area contributed by atoms with Gasteiger partial charge in [0.05, 0.1) is 6.61 Å². The standard InChI is InChI=1S/C14H25NO5/c1-5-19-12(17)11(16)10-6-8-15(9-7-10)13(18)20-14(2,3)4/h10-11,16H,5-9H2,1-4H3/t11-/m1/s1. The van der Waals surface area contributed by atoms with Crippen molar-refractivity contribution in [3.63, 3.8) is 0 Å². The summed E-state index contributed by atoms with van der Waals surface area (Å²) in [5, 5.41) is 9.88. The van der Waals surface area contributed by atoms with Crippen molar-refractivity contribution in [2.75, 3.05) is 19.7 Å². The topological polar surface area (TPSA) is 76.1 Å². The number of hydrogen-bond donors (Lipinski definition) is 1.